The molecule has 1 amide bonds. The predicted octanol–water partition coefficient (Wildman–Crippen LogP) is 4.40. The Hall–Kier alpha value is -5.12. The zero-order chi connectivity index (χ0) is 36.4. The van der Waals surface area contributed by atoms with Crippen LogP contribution in [0, 0.1) is 0 Å². The number of carbonyl (C=O) groups excluding carboxylic acids is 1. The van der Waals surface area contributed by atoms with Gasteiger partial charge in [0.05, 0.1) is 46.0 Å². The van der Waals surface area contributed by atoms with Gasteiger partial charge in [0, 0.05) is 44.7 Å². The van der Waals surface area contributed by atoms with Crippen LogP contribution in [-0.4, -0.2) is 119 Å². The van der Waals surface area contributed by atoms with Crippen LogP contribution in [-0.2, 0) is 18.5 Å². The average molecular weight is 757 g/mol. The summed E-state index contributed by atoms with van der Waals surface area (Å²) in [7, 11) is 1.57. The number of aryl methyl sites for hydroxylation is 2. The molecule has 2 aliphatic rings. The second-order valence-electron chi connectivity index (χ2n) is 13.6. The molecule has 53 heavy (non-hydrogen) atoms. The number of carbonyl (C=O) groups is 1. The Balaban J connectivity index is 0.999. The number of methoxy groups -OCH3 is 1. The highest BCUT2D eigenvalue weighted by Gasteiger charge is 2.42. The van der Waals surface area contributed by atoms with Crippen molar-refractivity contribution >= 4 is 46.1 Å². The number of ether oxygens (including phenoxy) is 1. The number of hydrogen-bond acceptors (Lipinski definition) is 11. The number of anilines is 1. The first kappa shape index (κ1) is 34.9. The lowest BCUT2D eigenvalue weighted by Gasteiger charge is -2.33. The molecule has 0 spiro atoms. The SMILES string of the molecule is COc1ccc(-n2cnnn2)cc1C(=O)N1CCC(CCN2CCCN(c3nc4ccccc4n3CCn3cnnn3)CC2)(c2ccc(Cl)c(Cl)c2)C1. The predicted molar refractivity (Wildman–Crippen MR) is 200 cm³/mol. The Labute approximate surface area is 316 Å². The molecule has 0 bridgehead atoms. The van der Waals surface area contributed by atoms with E-state index in [0.29, 0.717) is 53.2 Å². The van der Waals surface area contributed by atoms with Crippen molar-refractivity contribution in [3.63, 3.8) is 0 Å². The molecular weight excluding hydrogens is 717 g/mol. The topological polar surface area (TPSA) is 141 Å². The Morgan fingerprint density at radius 2 is 1.74 bits per heavy atom. The number of imidazole rings is 1. The van der Waals surface area contributed by atoms with Crippen LogP contribution in [0.1, 0.15) is 35.2 Å². The molecule has 15 nitrogen and oxygen atoms in total. The quantitative estimate of drug-likeness (QED) is 0.186. The molecular formula is C36H39Cl2N13O2. The summed E-state index contributed by atoms with van der Waals surface area (Å²) in [6.45, 7) is 6.93. The van der Waals surface area contributed by atoms with E-state index >= 15 is 0 Å². The summed E-state index contributed by atoms with van der Waals surface area (Å²) in [6.07, 6.45) is 5.77. The number of fused-ring (bicyclic) bond motifs is 1. The Morgan fingerprint density at radius 3 is 2.55 bits per heavy atom. The van der Waals surface area contributed by atoms with Gasteiger partial charge in [-0.05, 0) is 101 Å². The van der Waals surface area contributed by atoms with Gasteiger partial charge in [-0.15, -0.1) is 10.2 Å². The number of halogens is 2. The second-order valence-corrected chi connectivity index (χ2v) is 14.4. The molecule has 3 aromatic heterocycles. The number of likely N-dealkylation sites (tertiary alicyclic amines) is 1. The minimum atomic E-state index is -0.319. The minimum absolute atomic E-state index is 0.105. The highest BCUT2D eigenvalue weighted by Crippen LogP contribution is 2.41. The summed E-state index contributed by atoms with van der Waals surface area (Å²) in [4.78, 5) is 26.2. The minimum Gasteiger partial charge on any atom is -0.496 e. The van der Waals surface area contributed by atoms with Gasteiger partial charge < -0.3 is 24.0 Å². The van der Waals surface area contributed by atoms with E-state index in [-0.39, 0.29) is 11.3 Å². The fraction of sp³-hybridized carbons (Fsp3) is 0.389. The summed E-state index contributed by atoms with van der Waals surface area (Å²) in [5.74, 6) is 1.36. The highest BCUT2D eigenvalue weighted by atomic mass is 35.5. The van der Waals surface area contributed by atoms with Crippen LogP contribution >= 0.6 is 23.2 Å². The lowest BCUT2D eigenvalue weighted by molar-refractivity contribution is 0.0777. The molecule has 2 aliphatic heterocycles. The summed E-state index contributed by atoms with van der Waals surface area (Å²) < 4.78 is 11.2. The van der Waals surface area contributed by atoms with Crippen molar-refractivity contribution in [3.8, 4) is 11.4 Å². The van der Waals surface area contributed by atoms with Crippen LogP contribution in [0.3, 0.4) is 0 Å². The fourth-order valence-corrected chi connectivity index (χ4v) is 7.99. The van der Waals surface area contributed by atoms with Crippen LogP contribution in [0.2, 0.25) is 10.0 Å². The molecule has 17 heteroatoms. The Bertz CT molecular complexity index is 2190. The number of hydrogen-bond donors (Lipinski definition) is 0. The van der Waals surface area contributed by atoms with Crippen LogP contribution in [0.15, 0.2) is 73.3 Å². The van der Waals surface area contributed by atoms with E-state index in [9.17, 15) is 4.79 Å². The molecule has 0 aliphatic carbocycles. The largest absolute Gasteiger partial charge is 0.496 e. The fourth-order valence-electron chi connectivity index (χ4n) is 7.69. The molecule has 6 aromatic rings. The molecule has 274 valence electrons. The van der Waals surface area contributed by atoms with Gasteiger partial charge in [0.15, 0.2) is 0 Å². The van der Waals surface area contributed by atoms with Crippen molar-refractivity contribution in [2.45, 2.75) is 37.8 Å². The van der Waals surface area contributed by atoms with Gasteiger partial charge in [0.1, 0.15) is 18.4 Å². The Morgan fingerprint density at radius 1 is 0.868 bits per heavy atom. The van der Waals surface area contributed by atoms with Crippen molar-refractivity contribution in [2.75, 3.05) is 57.8 Å². The van der Waals surface area contributed by atoms with Gasteiger partial charge in [-0.3, -0.25) is 4.79 Å². The molecule has 1 atom stereocenters. The van der Waals surface area contributed by atoms with Crippen molar-refractivity contribution < 1.29 is 9.53 Å². The summed E-state index contributed by atoms with van der Waals surface area (Å²) in [5.41, 5.74) is 3.98. The molecule has 3 aromatic carbocycles. The molecule has 0 N–H and O–H groups in total. The number of nitrogens with zero attached hydrogens (tertiary/aromatic N) is 13. The number of amides is 1. The van der Waals surface area contributed by atoms with E-state index in [0.717, 1.165) is 74.5 Å². The maximum Gasteiger partial charge on any atom is 0.257 e. The van der Waals surface area contributed by atoms with Crippen LogP contribution in [0.5, 0.6) is 5.75 Å². The van der Waals surface area contributed by atoms with Crippen molar-refractivity contribution in [3.05, 3.63) is 94.5 Å². The molecule has 2 saturated heterocycles. The number of rotatable bonds is 11. The first-order valence-electron chi connectivity index (χ1n) is 17.7. The van der Waals surface area contributed by atoms with E-state index in [1.54, 1.807) is 30.3 Å². The monoisotopic (exact) mass is 755 g/mol. The van der Waals surface area contributed by atoms with Crippen molar-refractivity contribution in [1.82, 2.24) is 59.8 Å². The third kappa shape index (κ3) is 7.15. The lowest BCUT2D eigenvalue weighted by atomic mass is 9.76. The maximum absolute atomic E-state index is 14.2. The van der Waals surface area contributed by atoms with E-state index in [4.69, 9.17) is 32.9 Å². The van der Waals surface area contributed by atoms with E-state index in [1.807, 2.05) is 29.2 Å². The van der Waals surface area contributed by atoms with Crippen LogP contribution in [0.4, 0.5) is 5.95 Å². The molecule has 1 unspecified atom stereocenters. The third-order valence-electron chi connectivity index (χ3n) is 10.6. The van der Waals surface area contributed by atoms with Gasteiger partial charge in [0.25, 0.3) is 5.91 Å². The normalized spacial score (nSPS) is 18.2. The van der Waals surface area contributed by atoms with Crippen molar-refractivity contribution in [2.24, 2.45) is 0 Å². The van der Waals surface area contributed by atoms with E-state index in [2.05, 4.69) is 69.7 Å². The van der Waals surface area contributed by atoms with Gasteiger partial charge in [-0.25, -0.2) is 14.3 Å². The summed E-state index contributed by atoms with van der Waals surface area (Å²) >= 11 is 13.0. The van der Waals surface area contributed by atoms with Crippen LogP contribution in [0.25, 0.3) is 16.7 Å². The standard InChI is InChI=1S/C36H39Cl2N13O2/c1-53-33-10-8-27(51-25-40-43-45-51)22-28(33)34(52)48-16-12-36(23-48,26-7-9-29(37)30(38)21-26)11-15-46-13-4-14-47(18-17-46)35-41-31-5-2-3-6-32(31)50(35)20-19-49-24-39-42-44-49/h2-3,5-10,21-22,24-25H,4,11-20,23H2,1H3. The van der Waals surface area contributed by atoms with Gasteiger partial charge in [-0.1, -0.05) is 41.4 Å². The van der Waals surface area contributed by atoms with Crippen LogP contribution < -0.4 is 9.64 Å². The highest BCUT2D eigenvalue weighted by molar-refractivity contribution is 6.42. The number of aromatic nitrogens is 10. The van der Waals surface area contributed by atoms with Gasteiger partial charge >= 0.3 is 0 Å². The number of benzene rings is 3. The number of tetrazole rings is 2. The number of para-hydroxylation sites is 2. The van der Waals surface area contributed by atoms with Crippen molar-refractivity contribution in [1.29, 1.82) is 0 Å². The third-order valence-corrected chi connectivity index (χ3v) is 11.3. The second kappa shape index (κ2) is 15.1. The molecule has 0 saturated carbocycles. The lowest BCUT2D eigenvalue weighted by Crippen LogP contribution is -2.39. The zero-order valence-electron chi connectivity index (χ0n) is 29.3. The maximum atomic E-state index is 14.2. The Kier molecular flexibility index (Phi) is 9.94. The smallest absolute Gasteiger partial charge is 0.257 e. The summed E-state index contributed by atoms with van der Waals surface area (Å²) in [6, 6.07) is 19.5. The van der Waals surface area contributed by atoms with E-state index in [1.165, 1.54) is 11.0 Å². The first-order valence-corrected chi connectivity index (χ1v) is 18.5. The molecule has 2 fully saturated rings. The van der Waals surface area contributed by atoms with Gasteiger partial charge in [0.2, 0.25) is 5.95 Å². The zero-order valence-corrected chi connectivity index (χ0v) is 30.8. The average Bonchev–Trinajstić information content (AvgIpc) is 4.01. The van der Waals surface area contributed by atoms with Gasteiger partial charge in [-0.2, -0.15) is 0 Å². The molecule has 8 rings (SSSR count). The molecule has 5 heterocycles. The van der Waals surface area contributed by atoms with E-state index < -0.39 is 0 Å². The first-order chi connectivity index (χ1) is 25.9. The molecule has 0 radical (unpaired) electrons. The summed E-state index contributed by atoms with van der Waals surface area (Å²) in [5, 5.41) is 24.1.